The minimum Gasteiger partial charge on any atom is -0.491 e. The molecule has 2 heteroatoms. The van der Waals surface area contributed by atoms with Crippen LogP contribution in [0.3, 0.4) is 0 Å². The van der Waals surface area contributed by atoms with Crippen LogP contribution in [0.5, 0.6) is 5.75 Å². The van der Waals surface area contributed by atoms with E-state index in [4.69, 9.17) is 10.5 Å². The molecule has 2 N–H and O–H groups in total. The van der Waals surface area contributed by atoms with Crippen LogP contribution in [-0.4, -0.2) is 6.10 Å². The summed E-state index contributed by atoms with van der Waals surface area (Å²) >= 11 is 0. The molecule has 0 aromatic heterocycles. The third kappa shape index (κ3) is 2.38. The Morgan fingerprint density at radius 2 is 1.68 bits per heavy atom. The van der Waals surface area contributed by atoms with E-state index in [1.54, 1.807) is 0 Å². The summed E-state index contributed by atoms with van der Waals surface area (Å²) in [5.41, 5.74) is 8.29. The lowest BCUT2D eigenvalue weighted by Crippen LogP contribution is -2.16. The van der Waals surface area contributed by atoms with Gasteiger partial charge in [-0.2, -0.15) is 0 Å². The number of hydrogen-bond donors (Lipinski definition) is 1. The third-order valence-electron chi connectivity index (χ3n) is 5.11. The molecule has 19 heavy (non-hydrogen) atoms. The van der Waals surface area contributed by atoms with Gasteiger partial charge in [-0.3, -0.25) is 0 Å². The molecule has 0 heterocycles. The molecule has 2 nitrogen and oxygen atoms in total. The van der Waals surface area contributed by atoms with Crippen LogP contribution in [0.1, 0.15) is 53.1 Å². The quantitative estimate of drug-likeness (QED) is 0.883. The fourth-order valence-electron chi connectivity index (χ4n) is 3.41. The van der Waals surface area contributed by atoms with Gasteiger partial charge in [0.1, 0.15) is 5.75 Å². The molecule has 0 spiro atoms. The molecule has 0 aliphatic heterocycles. The van der Waals surface area contributed by atoms with Gasteiger partial charge in [-0.25, -0.2) is 0 Å². The molecule has 1 aromatic carbocycles. The summed E-state index contributed by atoms with van der Waals surface area (Å²) in [5, 5.41) is 0. The van der Waals surface area contributed by atoms with Gasteiger partial charge in [0.05, 0.1) is 6.10 Å². The Hall–Kier alpha value is -1.02. The van der Waals surface area contributed by atoms with Crippen LogP contribution in [0.2, 0.25) is 0 Å². The Labute approximate surface area is 117 Å². The van der Waals surface area contributed by atoms with E-state index in [9.17, 15) is 0 Å². The van der Waals surface area contributed by atoms with Gasteiger partial charge < -0.3 is 10.5 Å². The standard InChI is InChI=1S/C17H27NO/c1-11(2)19-13-9-7-8-12(10-13)14(18)15-16(3,4)17(15,5)6/h7-11,14-15H,18H2,1-6H3. The fraction of sp³-hybridized carbons (Fsp3) is 0.647. The van der Waals surface area contributed by atoms with Crippen molar-refractivity contribution in [1.82, 2.24) is 0 Å². The zero-order valence-corrected chi connectivity index (χ0v) is 13.0. The van der Waals surface area contributed by atoms with Crippen LogP contribution < -0.4 is 10.5 Å². The Morgan fingerprint density at radius 1 is 1.11 bits per heavy atom. The monoisotopic (exact) mass is 261 g/mol. The van der Waals surface area contributed by atoms with Gasteiger partial charge in [-0.1, -0.05) is 39.8 Å². The average Bonchev–Trinajstić information content (AvgIpc) is 2.68. The van der Waals surface area contributed by atoms with E-state index < -0.39 is 0 Å². The van der Waals surface area contributed by atoms with Crippen molar-refractivity contribution < 1.29 is 4.74 Å². The van der Waals surface area contributed by atoms with Crippen molar-refractivity contribution in [2.75, 3.05) is 0 Å². The van der Waals surface area contributed by atoms with Crippen molar-refractivity contribution >= 4 is 0 Å². The molecule has 0 amide bonds. The molecule has 0 bridgehead atoms. The Morgan fingerprint density at radius 3 is 2.16 bits per heavy atom. The maximum absolute atomic E-state index is 6.50. The Bertz CT molecular complexity index is 448. The summed E-state index contributed by atoms with van der Waals surface area (Å²) in [6.45, 7) is 13.3. The summed E-state index contributed by atoms with van der Waals surface area (Å²) in [7, 11) is 0. The predicted octanol–water partition coefficient (Wildman–Crippen LogP) is 4.16. The van der Waals surface area contributed by atoms with E-state index in [1.165, 1.54) is 5.56 Å². The first kappa shape index (κ1) is 14.4. The summed E-state index contributed by atoms with van der Waals surface area (Å²) in [5.74, 6) is 1.44. The zero-order valence-electron chi connectivity index (χ0n) is 13.0. The number of benzene rings is 1. The van der Waals surface area contributed by atoms with Crippen LogP contribution in [0, 0.1) is 16.7 Å². The van der Waals surface area contributed by atoms with E-state index in [0.29, 0.717) is 16.7 Å². The lowest BCUT2D eigenvalue weighted by molar-refractivity contribution is 0.242. The first-order valence-corrected chi connectivity index (χ1v) is 7.20. The van der Waals surface area contributed by atoms with Crippen LogP contribution in [0.15, 0.2) is 24.3 Å². The minimum absolute atomic E-state index is 0.0840. The molecule has 1 atom stereocenters. The molecule has 106 valence electrons. The molecule has 2 rings (SSSR count). The second-order valence-corrected chi connectivity index (χ2v) is 7.19. The van der Waals surface area contributed by atoms with Gasteiger partial charge >= 0.3 is 0 Å². The summed E-state index contributed by atoms with van der Waals surface area (Å²) in [4.78, 5) is 0. The summed E-state index contributed by atoms with van der Waals surface area (Å²) in [6.07, 6.45) is 0.195. The first-order valence-electron chi connectivity index (χ1n) is 7.20. The normalized spacial score (nSPS) is 22.3. The highest BCUT2D eigenvalue weighted by atomic mass is 16.5. The first-order chi connectivity index (χ1) is 8.68. The lowest BCUT2D eigenvalue weighted by Gasteiger charge is -2.17. The highest BCUT2D eigenvalue weighted by Crippen LogP contribution is 2.71. The smallest absolute Gasteiger partial charge is 0.120 e. The highest BCUT2D eigenvalue weighted by molar-refractivity contribution is 5.33. The maximum Gasteiger partial charge on any atom is 0.120 e. The van der Waals surface area contributed by atoms with Gasteiger partial charge in [-0.15, -0.1) is 0 Å². The van der Waals surface area contributed by atoms with Crippen LogP contribution in [0.25, 0.3) is 0 Å². The van der Waals surface area contributed by atoms with Crippen molar-refractivity contribution in [2.45, 2.75) is 53.7 Å². The topological polar surface area (TPSA) is 35.2 Å². The van der Waals surface area contributed by atoms with E-state index >= 15 is 0 Å². The Kier molecular flexibility index (Phi) is 3.42. The van der Waals surface area contributed by atoms with E-state index in [1.807, 2.05) is 26.0 Å². The minimum atomic E-state index is 0.0840. The van der Waals surface area contributed by atoms with Crippen LogP contribution in [-0.2, 0) is 0 Å². The van der Waals surface area contributed by atoms with Crippen molar-refractivity contribution in [3.63, 3.8) is 0 Å². The van der Waals surface area contributed by atoms with Gasteiger partial charge in [0.15, 0.2) is 0 Å². The van der Waals surface area contributed by atoms with E-state index in [-0.39, 0.29) is 12.1 Å². The molecule has 0 radical (unpaired) electrons. The van der Waals surface area contributed by atoms with Crippen molar-refractivity contribution in [3.8, 4) is 5.75 Å². The molecule has 1 aromatic rings. The van der Waals surface area contributed by atoms with Crippen LogP contribution >= 0.6 is 0 Å². The van der Waals surface area contributed by atoms with Gasteiger partial charge in [0.2, 0.25) is 0 Å². The molecule has 1 aliphatic rings. The second-order valence-electron chi connectivity index (χ2n) is 7.19. The molecular formula is C17H27NO. The fourth-order valence-corrected chi connectivity index (χ4v) is 3.41. The van der Waals surface area contributed by atoms with E-state index in [0.717, 1.165) is 5.75 Å². The van der Waals surface area contributed by atoms with Crippen molar-refractivity contribution in [3.05, 3.63) is 29.8 Å². The molecule has 1 aliphatic carbocycles. The summed E-state index contributed by atoms with van der Waals surface area (Å²) < 4.78 is 5.75. The molecular weight excluding hydrogens is 234 g/mol. The van der Waals surface area contributed by atoms with Crippen molar-refractivity contribution in [2.24, 2.45) is 22.5 Å². The molecule has 1 fully saturated rings. The molecule has 1 unspecified atom stereocenters. The highest BCUT2D eigenvalue weighted by Gasteiger charge is 2.66. The maximum atomic E-state index is 6.50. The van der Waals surface area contributed by atoms with Gasteiger partial charge in [-0.05, 0) is 48.3 Å². The van der Waals surface area contributed by atoms with Crippen molar-refractivity contribution in [1.29, 1.82) is 0 Å². The predicted molar refractivity (Wildman–Crippen MR) is 80.2 cm³/mol. The number of ether oxygens (including phenoxy) is 1. The number of rotatable bonds is 4. The zero-order chi connectivity index (χ0) is 14.4. The van der Waals surface area contributed by atoms with E-state index in [2.05, 4.69) is 39.8 Å². The Balaban J connectivity index is 2.19. The van der Waals surface area contributed by atoms with Crippen LogP contribution in [0.4, 0.5) is 0 Å². The molecule has 1 saturated carbocycles. The lowest BCUT2D eigenvalue weighted by atomic mass is 9.97. The van der Waals surface area contributed by atoms with Gasteiger partial charge in [0, 0.05) is 6.04 Å². The summed E-state index contributed by atoms with van der Waals surface area (Å²) in [6, 6.07) is 8.33. The molecule has 0 saturated heterocycles. The second kappa shape index (κ2) is 4.52. The number of hydrogen-bond acceptors (Lipinski definition) is 2. The number of nitrogens with two attached hydrogens (primary N) is 1. The SMILES string of the molecule is CC(C)Oc1cccc(C(N)C2C(C)(C)C2(C)C)c1. The average molecular weight is 261 g/mol. The largest absolute Gasteiger partial charge is 0.491 e. The van der Waals surface area contributed by atoms with Gasteiger partial charge in [0.25, 0.3) is 0 Å². The third-order valence-corrected chi connectivity index (χ3v) is 5.11.